The monoisotopic (exact) mass is 304 g/mol. The van der Waals surface area contributed by atoms with Crippen LogP contribution >= 0.6 is 0 Å². The number of methoxy groups -OCH3 is 1. The van der Waals surface area contributed by atoms with Crippen molar-refractivity contribution in [3.05, 3.63) is 35.9 Å². The number of carbonyl (C=O) groups is 2. The smallest absolute Gasteiger partial charge is 0.246 e. The van der Waals surface area contributed by atoms with Crippen LogP contribution in [0.3, 0.4) is 0 Å². The predicted molar refractivity (Wildman–Crippen MR) is 84.4 cm³/mol. The lowest BCUT2D eigenvalue weighted by Crippen LogP contribution is -2.61. The average molecular weight is 304 g/mol. The summed E-state index contributed by atoms with van der Waals surface area (Å²) in [6.45, 7) is 3.72. The highest BCUT2D eigenvalue weighted by molar-refractivity contribution is 5.95. The standard InChI is InChI=1S/C17H24N2O3/c1-3-9-19-15(12-14-7-5-4-6-8-14)17(21)18(10-11-22-2)13-16(19)20/h4-8,15H,3,9-13H2,1-2H3/t15-/m1/s1. The number of hydrogen-bond acceptors (Lipinski definition) is 3. The van der Waals surface area contributed by atoms with Gasteiger partial charge < -0.3 is 14.5 Å². The van der Waals surface area contributed by atoms with Crippen LogP contribution in [0.25, 0.3) is 0 Å². The zero-order chi connectivity index (χ0) is 15.9. The van der Waals surface area contributed by atoms with E-state index >= 15 is 0 Å². The lowest BCUT2D eigenvalue weighted by Gasteiger charge is -2.40. The van der Waals surface area contributed by atoms with Gasteiger partial charge in [0.05, 0.1) is 13.2 Å². The first kappa shape index (κ1) is 16.5. The van der Waals surface area contributed by atoms with Crippen molar-refractivity contribution in [2.45, 2.75) is 25.8 Å². The average Bonchev–Trinajstić information content (AvgIpc) is 2.53. The predicted octanol–water partition coefficient (Wildman–Crippen LogP) is 1.32. The lowest BCUT2D eigenvalue weighted by molar-refractivity contribution is -0.156. The maximum atomic E-state index is 12.7. The molecule has 0 N–H and O–H groups in total. The number of amides is 2. The van der Waals surface area contributed by atoms with Gasteiger partial charge in [0, 0.05) is 26.6 Å². The first-order chi connectivity index (χ1) is 10.7. The quantitative estimate of drug-likeness (QED) is 0.763. The lowest BCUT2D eigenvalue weighted by atomic mass is 10.0. The third kappa shape index (κ3) is 3.85. The molecule has 22 heavy (non-hydrogen) atoms. The van der Waals surface area contributed by atoms with Crippen molar-refractivity contribution < 1.29 is 14.3 Å². The van der Waals surface area contributed by atoms with Crippen LogP contribution in [0.5, 0.6) is 0 Å². The molecule has 0 aliphatic carbocycles. The molecule has 1 saturated heterocycles. The first-order valence-corrected chi connectivity index (χ1v) is 7.78. The Morgan fingerprint density at radius 3 is 2.55 bits per heavy atom. The molecule has 1 aromatic carbocycles. The molecule has 2 amide bonds. The van der Waals surface area contributed by atoms with Crippen molar-refractivity contribution in [3.8, 4) is 0 Å². The van der Waals surface area contributed by atoms with Crippen LogP contribution in [0.1, 0.15) is 18.9 Å². The van der Waals surface area contributed by atoms with Gasteiger partial charge in [-0.05, 0) is 12.0 Å². The zero-order valence-electron chi connectivity index (χ0n) is 13.3. The van der Waals surface area contributed by atoms with Crippen LogP contribution in [0.4, 0.5) is 0 Å². The second-order valence-corrected chi connectivity index (χ2v) is 5.55. The minimum Gasteiger partial charge on any atom is -0.383 e. The summed E-state index contributed by atoms with van der Waals surface area (Å²) in [6, 6.07) is 9.45. The van der Waals surface area contributed by atoms with Crippen LogP contribution in [-0.4, -0.2) is 61.0 Å². The fraction of sp³-hybridized carbons (Fsp3) is 0.529. The Balaban J connectivity index is 2.18. The molecule has 0 bridgehead atoms. The van der Waals surface area contributed by atoms with Gasteiger partial charge in [-0.25, -0.2) is 0 Å². The largest absolute Gasteiger partial charge is 0.383 e. The van der Waals surface area contributed by atoms with Crippen molar-refractivity contribution >= 4 is 11.8 Å². The molecule has 0 spiro atoms. The number of piperazine rings is 1. The van der Waals surface area contributed by atoms with Crippen molar-refractivity contribution in [1.82, 2.24) is 9.80 Å². The Morgan fingerprint density at radius 2 is 1.91 bits per heavy atom. The molecule has 2 rings (SSSR count). The molecule has 120 valence electrons. The van der Waals surface area contributed by atoms with Gasteiger partial charge >= 0.3 is 0 Å². The molecule has 1 atom stereocenters. The molecule has 5 heteroatoms. The molecule has 0 radical (unpaired) electrons. The van der Waals surface area contributed by atoms with E-state index in [1.165, 1.54) is 0 Å². The Bertz CT molecular complexity index is 504. The number of benzene rings is 1. The molecule has 1 aliphatic heterocycles. The van der Waals surface area contributed by atoms with E-state index < -0.39 is 6.04 Å². The minimum absolute atomic E-state index is 0.0222. The zero-order valence-corrected chi connectivity index (χ0v) is 13.3. The Labute approximate surface area is 131 Å². The maximum Gasteiger partial charge on any atom is 0.246 e. The number of nitrogens with zero attached hydrogens (tertiary/aromatic N) is 2. The van der Waals surface area contributed by atoms with Gasteiger partial charge in [0.2, 0.25) is 11.8 Å². The third-order valence-electron chi connectivity index (χ3n) is 3.92. The second-order valence-electron chi connectivity index (χ2n) is 5.55. The normalized spacial score (nSPS) is 18.9. The van der Waals surface area contributed by atoms with Gasteiger partial charge in [-0.15, -0.1) is 0 Å². The van der Waals surface area contributed by atoms with Crippen LogP contribution in [0, 0.1) is 0 Å². The van der Waals surface area contributed by atoms with Crippen molar-refractivity contribution in [1.29, 1.82) is 0 Å². The Morgan fingerprint density at radius 1 is 1.18 bits per heavy atom. The SMILES string of the molecule is CCCN1C(=O)CN(CCOC)C(=O)[C@H]1Cc1ccccc1. The summed E-state index contributed by atoms with van der Waals surface area (Å²) < 4.78 is 5.04. The Hall–Kier alpha value is -1.88. The van der Waals surface area contributed by atoms with Crippen molar-refractivity contribution in [2.75, 3.05) is 33.4 Å². The van der Waals surface area contributed by atoms with E-state index in [4.69, 9.17) is 4.74 Å². The van der Waals surface area contributed by atoms with Crippen molar-refractivity contribution in [2.24, 2.45) is 0 Å². The number of hydrogen-bond donors (Lipinski definition) is 0. The Kier molecular flexibility index (Phi) is 5.95. The van der Waals surface area contributed by atoms with Crippen LogP contribution in [-0.2, 0) is 20.7 Å². The third-order valence-corrected chi connectivity index (χ3v) is 3.92. The van der Waals surface area contributed by atoms with Crippen LogP contribution in [0.2, 0.25) is 0 Å². The molecule has 0 unspecified atom stereocenters. The second kappa shape index (κ2) is 7.94. The summed E-state index contributed by atoms with van der Waals surface area (Å²) in [5, 5.41) is 0. The van der Waals surface area contributed by atoms with Crippen LogP contribution in [0.15, 0.2) is 30.3 Å². The van der Waals surface area contributed by atoms with Gasteiger partial charge in [0.25, 0.3) is 0 Å². The molecule has 0 saturated carbocycles. The molecular weight excluding hydrogens is 280 g/mol. The summed E-state index contributed by atoms with van der Waals surface area (Å²) in [5.41, 5.74) is 1.07. The van der Waals surface area contributed by atoms with Gasteiger partial charge in [0.15, 0.2) is 0 Å². The van der Waals surface area contributed by atoms with E-state index in [1.807, 2.05) is 37.3 Å². The summed E-state index contributed by atoms with van der Waals surface area (Å²) in [6.07, 6.45) is 1.41. The molecule has 1 aliphatic rings. The molecule has 1 fully saturated rings. The molecule has 5 nitrogen and oxygen atoms in total. The summed E-state index contributed by atoms with van der Waals surface area (Å²) >= 11 is 0. The van der Waals surface area contributed by atoms with E-state index in [1.54, 1.807) is 16.9 Å². The number of carbonyl (C=O) groups excluding carboxylic acids is 2. The highest BCUT2D eigenvalue weighted by atomic mass is 16.5. The van der Waals surface area contributed by atoms with Gasteiger partial charge in [-0.1, -0.05) is 37.3 Å². The highest BCUT2D eigenvalue weighted by Gasteiger charge is 2.38. The fourth-order valence-corrected chi connectivity index (χ4v) is 2.80. The number of ether oxygens (including phenoxy) is 1. The van der Waals surface area contributed by atoms with Gasteiger partial charge in [0.1, 0.15) is 6.04 Å². The summed E-state index contributed by atoms with van der Waals surface area (Å²) in [7, 11) is 1.60. The highest BCUT2D eigenvalue weighted by Crippen LogP contribution is 2.18. The molecular formula is C17H24N2O3. The maximum absolute atomic E-state index is 12.7. The minimum atomic E-state index is -0.402. The first-order valence-electron chi connectivity index (χ1n) is 7.78. The summed E-state index contributed by atoms with van der Waals surface area (Å²) in [4.78, 5) is 28.5. The fourth-order valence-electron chi connectivity index (χ4n) is 2.80. The van der Waals surface area contributed by atoms with E-state index in [0.717, 1.165) is 12.0 Å². The van der Waals surface area contributed by atoms with Gasteiger partial charge in [-0.2, -0.15) is 0 Å². The van der Waals surface area contributed by atoms with E-state index in [0.29, 0.717) is 26.1 Å². The van der Waals surface area contributed by atoms with E-state index in [-0.39, 0.29) is 18.4 Å². The number of rotatable bonds is 7. The molecule has 1 aromatic rings. The van der Waals surface area contributed by atoms with E-state index in [9.17, 15) is 9.59 Å². The molecule has 1 heterocycles. The van der Waals surface area contributed by atoms with Gasteiger partial charge in [-0.3, -0.25) is 9.59 Å². The topological polar surface area (TPSA) is 49.9 Å². The van der Waals surface area contributed by atoms with Crippen molar-refractivity contribution in [3.63, 3.8) is 0 Å². The summed E-state index contributed by atoms with van der Waals surface area (Å²) in [5.74, 6) is 0.0486. The van der Waals surface area contributed by atoms with E-state index in [2.05, 4.69) is 0 Å². The van der Waals surface area contributed by atoms with Crippen LogP contribution < -0.4 is 0 Å². The molecule has 0 aromatic heterocycles.